The van der Waals surface area contributed by atoms with Crippen molar-refractivity contribution in [2.45, 2.75) is 53.4 Å². The summed E-state index contributed by atoms with van der Waals surface area (Å²) in [6.45, 7) is 8.53. The second-order valence-electron chi connectivity index (χ2n) is 3.12. The molecular formula is C10H23NO. The second kappa shape index (κ2) is 10.5. The van der Waals surface area contributed by atoms with Crippen molar-refractivity contribution in [3.05, 3.63) is 0 Å². The van der Waals surface area contributed by atoms with Crippen LogP contribution in [0.3, 0.4) is 0 Å². The normalized spacial score (nSPS) is 11.3. The van der Waals surface area contributed by atoms with E-state index in [1.165, 1.54) is 19.3 Å². The van der Waals surface area contributed by atoms with Crippen molar-refractivity contribution in [2.24, 2.45) is 11.7 Å². The molecule has 0 radical (unpaired) electrons. The van der Waals surface area contributed by atoms with E-state index in [1.54, 1.807) is 6.92 Å². The maximum atomic E-state index is 9.59. The predicted molar refractivity (Wildman–Crippen MR) is 53.8 cm³/mol. The zero-order valence-electron chi connectivity index (χ0n) is 8.89. The Hall–Kier alpha value is -0.530. The van der Waals surface area contributed by atoms with Gasteiger partial charge in [0.25, 0.3) is 0 Å². The van der Waals surface area contributed by atoms with Crippen LogP contribution in [0.15, 0.2) is 0 Å². The molecule has 0 saturated heterocycles. The van der Waals surface area contributed by atoms with Crippen molar-refractivity contribution >= 4 is 5.91 Å². The van der Waals surface area contributed by atoms with Gasteiger partial charge in [0.1, 0.15) is 0 Å². The molecule has 0 aliphatic carbocycles. The lowest BCUT2D eigenvalue weighted by Gasteiger charge is -2.02. The topological polar surface area (TPSA) is 43.1 Å². The molecule has 0 heterocycles. The van der Waals surface area contributed by atoms with Crippen LogP contribution in [0.2, 0.25) is 0 Å². The van der Waals surface area contributed by atoms with Gasteiger partial charge in [-0.15, -0.1) is 0 Å². The van der Waals surface area contributed by atoms with E-state index in [0.717, 1.165) is 5.92 Å². The molecule has 0 spiro atoms. The number of nitrogens with two attached hydrogens (primary N) is 1. The van der Waals surface area contributed by atoms with Gasteiger partial charge in [0.05, 0.1) is 0 Å². The fourth-order valence-corrected chi connectivity index (χ4v) is 0.697. The molecule has 2 heteroatoms. The summed E-state index contributed by atoms with van der Waals surface area (Å²) in [5.74, 6) is 0.704. The number of amides is 1. The van der Waals surface area contributed by atoms with Gasteiger partial charge in [-0.25, -0.2) is 0 Å². The third kappa shape index (κ3) is 16.2. The first-order valence-electron chi connectivity index (χ1n) is 4.86. The fourth-order valence-electron chi connectivity index (χ4n) is 0.697. The third-order valence-corrected chi connectivity index (χ3v) is 1.83. The van der Waals surface area contributed by atoms with Gasteiger partial charge in [-0.1, -0.05) is 47.0 Å². The minimum absolute atomic E-state index is 0.245. The summed E-state index contributed by atoms with van der Waals surface area (Å²) in [5.41, 5.74) is 4.65. The van der Waals surface area contributed by atoms with Crippen molar-refractivity contribution in [3.63, 3.8) is 0 Å². The van der Waals surface area contributed by atoms with Crippen LogP contribution in [0.25, 0.3) is 0 Å². The number of carbonyl (C=O) groups is 1. The summed E-state index contributed by atoms with van der Waals surface area (Å²) >= 11 is 0. The maximum Gasteiger partial charge on any atom is 0.217 e. The Morgan fingerprint density at radius 2 is 1.75 bits per heavy atom. The highest BCUT2D eigenvalue weighted by molar-refractivity contribution is 5.73. The SMILES string of the molecule is CCC(N)=O.CCCC(C)CC. The highest BCUT2D eigenvalue weighted by Crippen LogP contribution is 2.07. The molecule has 0 aromatic rings. The van der Waals surface area contributed by atoms with Crippen LogP contribution in [0.4, 0.5) is 0 Å². The first-order chi connectivity index (χ1) is 5.58. The van der Waals surface area contributed by atoms with Crippen LogP contribution in [-0.4, -0.2) is 5.91 Å². The lowest BCUT2D eigenvalue weighted by atomic mass is 10.0. The largest absolute Gasteiger partial charge is 0.370 e. The average Bonchev–Trinajstić information content (AvgIpc) is 2.06. The lowest BCUT2D eigenvalue weighted by Crippen LogP contribution is -2.06. The van der Waals surface area contributed by atoms with Crippen LogP contribution < -0.4 is 5.73 Å². The number of hydrogen-bond donors (Lipinski definition) is 1. The van der Waals surface area contributed by atoms with Gasteiger partial charge < -0.3 is 5.73 Å². The van der Waals surface area contributed by atoms with E-state index in [-0.39, 0.29) is 5.91 Å². The van der Waals surface area contributed by atoms with E-state index >= 15 is 0 Å². The first kappa shape index (κ1) is 14.0. The van der Waals surface area contributed by atoms with Crippen molar-refractivity contribution in [1.29, 1.82) is 0 Å². The Morgan fingerprint density at radius 3 is 1.83 bits per heavy atom. The summed E-state index contributed by atoms with van der Waals surface area (Å²) < 4.78 is 0. The van der Waals surface area contributed by atoms with E-state index in [0.29, 0.717) is 6.42 Å². The summed E-state index contributed by atoms with van der Waals surface area (Å²) in [5, 5.41) is 0. The molecule has 0 fully saturated rings. The minimum atomic E-state index is -0.245. The molecular weight excluding hydrogens is 150 g/mol. The highest BCUT2D eigenvalue weighted by atomic mass is 16.1. The second-order valence-corrected chi connectivity index (χ2v) is 3.12. The zero-order valence-corrected chi connectivity index (χ0v) is 8.89. The summed E-state index contributed by atoms with van der Waals surface area (Å²) in [4.78, 5) is 9.59. The minimum Gasteiger partial charge on any atom is -0.370 e. The molecule has 0 aliphatic heterocycles. The molecule has 0 aromatic carbocycles. The van der Waals surface area contributed by atoms with Gasteiger partial charge in [-0.3, -0.25) is 4.79 Å². The van der Waals surface area contributed by atoms with E-state index in [9.17, 15) is 4.79 Å². The molecule has 0 saturated carbocycles. The molecule has 2 nitrogen and oxygen atoms in total. The van der Waals surface area contributed by atoms with Gasteiger partial charge in [0.15, 0.2) is 0 Å². The van der Waals surface area contributed by atoms with Gasteiger partial charge >= 0.3 is 0 Å². The molecule has 0 aliphatic rings. The average molecular weight is 173 g/mol. The summed E-state index contributed by atoms with van der Waals surface area (Å²) in [7, 11) is 0. The smallest absolute Gasteiger partial charge is 0.217 e. The third-order valence-electron chi connectivity index (χ3n) is 1.83. The summed E-state index contributed by atoms with van der Waals surface area (Å²) in [6.07, 6.45) is 4.53. The molecule has 74 valence electrons. The van der Waals surface area contributed by atoms with Crippen LogP contribution in [-0.2, 0) is 4.79 Å². The molecule has 12 heavy (non-hydrogen) atoms. The Labute approximate surface area is 76.5 Å². The first-order valence-corrected chi connectivity index (χ1v) is 4.86. The lowest BCUT2D eigenvalue weighted by molar-refractivity contribution is -0.117. The van der Waals surface area contributed by atoms with Gasteiger partial charge in [0.2, 0.25) is 5.91 Å². The zero-order chi connectivity index (χ0) is 9.98. The summed E-state index contributed by atoms with van der Waals surface area (Å²) in [6, 6.07) is 0. The molecule has 0 aromatic heterocycles. The van der Waals surface area contributed by atoms with Crippen LogP contribution in [0.1, 0.15) is 53.4 Å². The van der Waals surface area contributed by atoms with Gasteiger partial charge in [0, 0.05) is 6.42 Å². The van der Waals surface area contributed by atoms with E-state index in [2.05, 4.69) is 26.5 Å². The van der Waals surface area contributed by atoms with Crippen LogP contribution >= 0.6 is 0 Å². The monoisotopic (exact) mass is 173 g/mol. The van der Waals surface area contributed by atoms with Crippen molar-refractivity contribution in [1.82, 2.24) is 0 Å². The van der Waals surface area contributed by atoms with Crippen molar-refractivity contribution in [3.8, 4) is 0 Å². The Kier molecular flexibility index (Phi) is 12.2. The van der Waals surface area contributed by atoms with Gasteiger partial charge in [-0.05, 0) is 5.92 Å². The molecule has 0 bridgehead atoms. The van der Waals surface area contributed by atoms with Crippen LogP contribution in [0.5, 0.6) is 0 Å². The molecule has 1 unspecified atom stereocenters. The Morgan fingerprint density at radius 1 is 1.33 bits per heavy atom. The van der Waals surface area contributed by atoms with E-state index in [1.807, 2.05) is 0 Å². The highest BCUT2D eigenvalue weighted by Gasteiger charge is 1.92. The number of carbonyl (C=O) groups excluding carboxylic acids is 1. The molecule has 1 amide bonds. The molecule has 2 N–H and O–H groups in total. The number of hydrogen-bond acceptors (Lipinski definition) is 1. The van der Waals surface area contributed by atoms with E-state index < -0.39 is 0 Å². The number of rotatable bonds is 4. The Bertz CT molecular complexity index is 102. The maximum absolute atomic E-state index is 9.59. The standard InChI is InChI=1S/C7H16.C3H7NO/c1-4-6-7(3)5-2;1-2-3(4)5/h7H,4-6H2,1-3H3;2H2,1H3,(H2,4,5). The van der Waals surface area contributed by atoms with Crippen molar-refractivity contribution < 1.29 is 4.79 Å². The predicted octanol–water partition coefficient (Wildman–Crippen LogP) is 2.71. The van der Waals surface area contributed by atoms with Gasteiger partial charge in [-0.2, -0.15) is 0 Å². The fraction of sp³-hybridized carbons (Fsp3) is 0.900. The molecule has 1 atom stereocenters. The number of primary amides is 1. The van der Waals surface area contributed by atoms with Crippen molar-refractivity contribution in [2.75, 3.05) is 0 Å². The van der Waals surface area contributed by atoms with Crippen LogP contribution in [0, 0.1) is 5.92 Å². The van der Waals surface area contributed by atoms with E-state index in [4.69, 9.17) is 0 Å². The molecule has 0 rings (SSSR count). The quantitative estimate of drug-likeness (QED) is 0.698. The Balaban J connectivity index is 0.